The van der Waals surface area contributed by atoms with Crippen molar-refractivity contribution in [1.82, 2.24) is 9.97 Å². The molecule has 2 rings (SSSR count). The monoisotopic (exact) mass is 348 g/mol. The van der Waals surface area contributed by atoms with Crippen molar-refractivity contribution in [3.63, 3.8) is 0 Å². The first-order valence-electron chi connectivity index (χ1n) is 6.74. The van der Waals surface area contributed by atoms with Crippen LogP contribution in [-0.2, 0) is 0 Å². The van der Waals surface area contributed by atoms with Gasteiger partial charge in [-0.15, -0.1) is 0 Å². The van der Waals surface area contributed by atoms with E-state index in [1.54, 1.807) is 18.3 Å². The molecular formula is C15H17BrN4O. The molecule has 110 valence electrons. The average molecular weight is 349 g/mol. The minimum Gasteiger partial charge on any atom is -0.384 e. The molecule has 0 aromatic carbocycles. The topological polar surface area (TPSA) is 66.9 Å². The number of pyridine rings is 2. The number of nitrogens with one attached hydrogen (secondary N) is 2. The van der Waals surface area contributed by atoms with E-state index >= 15 is 0 Å². The summed E-state index contributed by atoms with van der Waals surface area (Å²) in [4.78, 5) is 20.5. The van der Waals surface area contributed by atoms with Crippen LogP contribution in [0.25, 0.3) is 0 Å². The number of amides is 1. The summed E-state index contributed by atoms with van der Waals surface area (Å²) in [7, 11) is 0. The lowest BCUT2D eigenvalue weighted by molar-refractivity contribution is 0.102. The molecule has 0 spiro atoms. The molecule has 0 unspecified atom stereocenters. The summed E-state index contributed by atoms with van der Waals surface area (Å²) in [6, 6.07) is 7.13. The van der Waals surface area contributed by atoms with Gasteiger partial charge in [0, 0.05) is 11.0 Å². The highest BCUT2D eigenvalue weighted by molar-refractivity contribution is 9.10. The molecule has 0 saturated heterocycles. The maximum absolute atomic E-state index is 12.1. The quantitative estimate of drug-likeness (QED) is 0.865. The molecule has 0 aliphatic carbocycles. The summed E-state index contributed by atoms with van der Waals surface area (Å²) in [5, 5.41) is 5.95. The number of carbonyl (C=O) groups excluding carboxylic acids is 1. The fraction of sp³-hybridized carbons (Fsp3) is 0.267. The van der Waals surface area contributed by atoms with E-state index in [4.69, 9.17) is 0 Å². The van der Waals surface area contributed by atoms with Crippen LogP contribution < -0.4 is 10.6 Å². The third-order valence-electron chi connectivity index (χ3n) is 2.84. The summed E-state index contributed by atoms with van der Waals surface area (Å²) >= 11 is 3.37. The summed E-state index contributed by atoms with van der Waals surface area (Å²) < 4.78 is 0.907. The Hall–Kier alpha value is -1.95. The first-order chi connectivity index (χ1) is 10.1. The van der Waals surface area contributed by atoms with Crippen molar-refractivity contribution in [2.24, 2.45) is 0 Å². The van der Waals surface area contributed by atoms with Crippen LogP contribution in [0.1, 0.15) is 29.5 Å². The predicted molar refractivity (Wildman–Crippen MR) is 87.6 cm³/mol. The van der Waals surface area contributed by atoms with E-state index in [0.717, 1.165) is 28.8 Å². The molecule has 2 heterocycles. The van der Waals surface area contributed by atoms with E-state index < -0.39 is 0 Å². The van der Waals surface area contributed by atoms with Crippen LogP contribution in [-0.4, -0.2) is 22.4 Å². The number of hydrogen-bond donors (Lipinski definition) is 2. The Morgan fingerprint density at radius 3 is 2.71 bits per heavy atom. The number of aryl methyl sites for hydroxylation is 1. The molecule has 0 bridgehead atoms. The average Bonchev–Trinajstić information content (AvgIpc) is 2.49. The van der Waals surface area contributed by atoms with Crippen molar-refractivity contribution in [3.8, 4) is 0 Å². The largest absolute Gasteiger partial charge is 0.384 e. The fourth-order valence-electron chi connectivity index (χ4n) is 1.70. The van der Waals surface area contributed by atoms with Crippen LogP contribution in [0.4, 0.5) is 11.5 Å². The van der Waals surface area contributed by atoms with Gasteiger partial charge in [0.15, 0.2) is 0 Å². The maximum atomic E-state index is 12.1. The number of aromatic nitrogens is 2. The number of halogens is 1. The van der Waals surface area contributed by atoms with Crippen molar-refractivity contribution in [2.45, 2.75) is 20.3 Å². The minimum atomic E-state index is -0.272. The highest BCUT2D eigenvalue weighted by Gasteiger charge is 2.09. The first kappa shape index (κ1) is 15.4. The number of nitrogens with zero attached hydrogens (tertiary/aromatic N) is 2. The fourth-order valence-corrected chi connectivity index (χ4v) is 1.92. The molecule has 0 radical (unpaired) electrons. The summed E-state index contributed by atoms with van der Waals surface area (Å²) in [6.45, 7) is 4.84. The summed E-state index contributed by atoms with van der Waals surface area (Å²) in [5.41, 5.74) is 2.09. The van der Waals surface area contributed by atoms with Crippen LogP contribution in [0, 0.1) is 6.92 Å². The van der Waals surface area contributed by atoms with Gasteiger partial charge in [-0.3, -0.25) is 4.79 Å². The van der Waals surface area contributed by atoms with E-state index in [2.05, 4.69) is 43.5 Å². The number of rotatable bonds is 5. The molecule has 6 heteroatoms. The van der Waals surface area contributed by atoms with Crippen LogP contribution in [0.5, 0.6) is 0 Å². The molecule has 1 amide bonds. The highest BCUT2D eigenvalue weighted by Crippen LogP contribution is 2.16. The van der Waals surface area contributed by atoms with Gasteiger partial charge >= 0.3 is 0 Å². The molecule has 0 saturated carbocycles. The lowest BCUT2D eigenvalue weighted by Gasteiger charge is -2.07. The first-order valence-corrected chi connectivity index (χ1v) is 7.54. The standard InChI is InChI=1S/C15H17BrN4O/c1-3-8-17-11-4-6-13(18-9-11)15(21)20-14-7-5-12(16)10(2)19-14/h4-7,9,17H,3,8H2,1-2H3,(H,19,20,21). The van der Waals surface area contributed by atoms with Gasteiger partial charge in [0.25, 0.3) is 5.91 Å². The lowest BCUT2D eigenvalue weighted by Crippen LogP contribution is -2.15. The zero-order chi connectivity index (χ0) is 15.2. The molecule has 2 aromatic heterocycles. The Morgan fingerprint density at radius 2 is 2.10 bits per heavy atom. The Balaban J connectivity index is 2.04. The maximum Gasteiger partial charge on any atom is 0.275 e. The second-order valence-electron chi connectivity index (χ2n) is 4.58. The van der Waals surface area contributed by atoms with Gasteiger partial charge in [-0.05, 0) is 53.5 Å². The predicted octanol–water partition coefficient (Wildman–Crippen LogP) is 3.62. The number of hydrogen-bond acceptors (Lipinski definition) is 4. The molecule has 0 atom stereocenters. The van der Waals surface area contributed by atoms with Crippen LogP contribution in [0.2, 0.25) is 0 Å². The molecule has 5 nitrogen and oxygen atoms in total. The van der Waals surface area contributed by atoms with Gasteiger partial charge in [-0.2, -0.15) is 0 Å². The van der Waals surface area contributed by atoms with Crippen LogP contribution in [0.3, 0.4) is 0 Å². The van der Waals surface area contributed by atoms with Crippen LogP contribution >= 0.6 is 15.9 Å². The third kappa shape index (κ3) is 4.26. The molecule has 0 fully saturated rings. The molecule has 0 aliphatic rings. The lowest BCUT2D eigenvalue weighted by atomic mass is 10.3. The smallest absolute Gasteiger partial charge is 0.275 e. The SMILES string of the molecule is CCCNc1ccc(C(=O)Nc2ccc(Br)c(C)n2)nc1. The minimum absolute atomic E-state index is 0.272. The Labute approximate surface area is 132 Å². The van der Waals surface area contributed by atoms with Gasteiger partial charge in [0.1, 0.15) is 11.5 Å². The van der Waals surface area contributed by atoms with Gasteiger partial charge in [-0.25, -0.2) is 9.97 Å². The number of anilines is 2. The molecular weight excluding hydrogens is 332 g/mol. The van der Waals surface area contributed by atoms with E-state index in [0.29, 0.717) is 11.5 Å². The highest BCUT2D eigenvalue weighted by atomic mass is 79.9. The van der Waals surface area contributed by atoms with Gasteiger partial charge in [-0.1, -0.05) is 6.92 Å². The Morgan fingerprint density at radius 1 is 1.29 bits per heavy atom. The summed E-state index contributed by atoms with van der Waals surface area (Å²) in [6.07, 6.45) is 2.70. The molecule has 2 N–H and O–H groups in total. The van der Waals surface area contributed by atoms with E-state index in [1.807, 2.05) is 19.1 Å². The third-order valence-corrected chi connectivity index (χ3v) is 3.68. The molecule has 2 aromatic rings. The van der Waals surface area contributed by atoms with E-state index in [9.17, 15) is 4.79 Å². The molecule has 0 aliphatic heterocycles. The van der Waals surface area contributed by atoms with E-state index in [1.165, 1.54) is 0 Å². The van der Waals surface area contributed by atoms with Crippen molar-refractivity contribution in [3.05, 3.63) is 46.3 Å². The van der Waals surface area contributed by atoms with Gasteiger partial charge in [0.05, 0.1) is 17.6 Å². The zero-order valence-corrected chi connectivity index (χ0v) is 13.6. The van der Waals surface area contributed by atoms with E-state index in [-0.39, 0.29) is 5.91 Å². The zero-order valence-electron chi connectivity index (χ0n) is 12.0. The Kier molecular flexibility index (Phi) is 5.27. The van der Waals surface area contributed by atoms with Crippen molar-refractivity contribution in [1.29, 1.82) is 0 Å². The van der Waals surface area contributed by atoms with Gasteiger partial charge in [0.2, 0.25) is 0 Å². The van der Waals surface area contributed by atoms with Crippen LogP contribution in [0.15, 0.2) is 34.9 Å². The molecule has 21 heavy (non-hydrogen) atoms. The van der Waals surface area contributed by atoms with Gasteiger partial charge < -0.3 is 10.6 Å². The van der Waals surface area contributed by atoms with Crippen molar-refractivity contribution < 1.29 is 4.79 Å². The normalized spacial score (nSPS) is 10.2. The van der Waals surface area contributed by atoms with Crippen molar-refractivity contribution in [2.75, 3.05) is 17.2 Å². The number of carbonyl (C=O) groups is 1. The Bertz CT molecular complexity index is 628. The second kappa shape index (κ2) is 7.17. The summed E-state index contributed by atoms with van der Waals surface area (Å²) in [5.74, 6) is 0.238. The second-order valence-corrected chi connectivity index (χ2v) is 5.43. The van der Waals surface area contributed by atoms with Crippen molar-refractivity contribution >= 4 is 33.3 Å².